The van der Waals surface area contributed by atoms with Crippen molar-refractivity contribution in [3.8, 4) is 0 Å². The van der Waals surface area contributed by atoms with Gasteiger partial charge in [0.25, 0.3) is 0 Å². The third-order valence-corrected chi connectivity index (χ3v) is 2.00. The Balaban J connectivity index is 2.15. The molecule has 0 aromatic rings. The number of hydrogen-bond donors (Lipinski definition) is 1. The van der Waals surface area contributed by atoms with Crippen molar-refractivity contribution in [2.24, 2.45) is 0 Å². The van der Waals surface area contributed by atoms with Gasteiger partial charge in [0.15, 0.2) is 5.79 Å². The maximum atomic E-state index is 9.34. The van der Waals surface area contributed by atoms with Crippen molar-refractivity contribution < 1.29 is 14.6 Å². The molecule has 62 valence electrons. The van der Waals surface area contributed by atoms with Gasteiger partial charge in [-0.3, -0.25) is 0 Å². The molecule has 1 unspecified atom stereocenters. The number of rotatable bonds is 0. The first-order chi connectivity index (χ1) is 5.08. The zero-order chi connectivity index (χ0) is 8.06. The first-order valence-electron chi connectivity index (χ1n) is 3.80. The van der Waals surface area contributed by atoms with Crippen LogP contribution in [-0.2, 0) is 9.47 Å². The molecule has 0 spiro atoms. The van der Waals surface area contributed by atoms with Crippen LogP contribution in [0.3, 0.4) is 0 Å². The van der Waals surface area contributed by atoms with E-state index in [0.29, 0.717) is 0 Å². The summed E-state index contributed by atoms with van der Waals surface area (Å²) in [6.07, 6.45) is 2.82. The number of aliphatic hydroxyl groups excluding tert-OH is 1. The van der Waals surface area contributed by atoms with E-state index in [4.69, 9.17) is 9.47 Å². The molecular formula is C8H12O3. The molecule has 1 aliphatic heterocycles. The number of aliphatic hydroxyl groups is 1. The van der Waals surface area contributed by atoms with Gasteiger partial charge in [-0.25, -0.2) is 0 Å². The standard InChI is InChI=1S/C8H12O3/c1-8(2)10-6-4-3-5(9)7(6)11-8/h3-7,9H,1-2H3/t5?,6-,7+/m1/s1. The van der Waals surface area contributed by atoms with Crippen molar-refractivity contribution in [3.63, 3.8) is 0 Å². The Morgan fingerprint density at radius 2 is 2.00 bits per heavy atom. The van der Waals surface area contributed by atoms with E-state index in [2.05, 4.69) is 0 Å². The lowest BCUT2D eigenvalue weighted by atomic mass is 10.2. The molecule has 0 bridgehead atoms. The highest BCUT2D eigenvalue weighted by Gasteiger charge is 2.45. The number of hydrogen-bond acceptors (Lipinski definition) is 3. The topological polar surface area (TPSA) is 38.7 Å². The second-order valence-corrected chi connectivity index (χ2v) is 3.44. The molecule has 1 N–H and O–H groups in total. The van der Waals surface area contributed by atoms with E-state index in [-0.39, 0.29) is 12.2 Å². The van der Waals surface area contributed by atoms with Crippen molar-refractivity contribution in [2.75, 3.05) is 0 Å². The van der Waals surface area contributed by atoms with Gasteiger partial charge in [0.1, 0.15) is 18.3 Å². The summed E-state index contributed by atoms with van der Waals surface area (Å²) in [6, 6.07) is 0. The summed E-state index contributed by atoms with van der Waals surface area (Å²) in [4.78, 5) is 0. The molecule has 3 atom stereocenters. The third-order valence-electron chi connectivity index (χ3n) is 2.00. The van der Waals surface area contributed by atoms with Crippen LogP contribution in [0.1, 0.15) is 13.8 Å². The van der Waals surface area contributed by atoms with E-state index in [0.717, 1.165) is 0 Å². The maximum Gasteiger partial charge on any atom is 0.164 e. The molecule has 0 radical (unpaired) electrons. The molecule has 2 aliphatic rings. The van der Waals surface area contributed by atoms with Gasteiger partial charge in [0.2, 0.25) is 0 Å². The van der Waals surface area contributed by atoms with Gasteiger partial charge < -0.3 is 14.6 Å². The summed E-state index contributed by atoms with van der Waals surface area (Å²) in [6.45, 7) is 3.71. The van der Waals surface area contributed by atoms with Crippen LogP contribution in [-0.4, -0.2) is 29.2 Å². The number of ether oxygens (including phenoxy) is 2. The van der Waals surface area contributed by atoms with Crippen LogP contribution < -0.4 is 0 Å². The summed E-state index contributed by atoms with van der Waals surface area (Å²) in [5.74, 6) is -0.541. The van der Waals surface area contributed by atoms with E-state index in [9.17, 15) is 5.11 Å². The fourth-order valence-electron chi connectivity index (χ4n) is 1.56. The van der Waals surface area contributed by atoms with Crippen LogP contribution in [0, 0.1) is 0 Å². The third kappa shape index (κ3) is 1.09. The SMILES string of the molecule is CC1(C)O[C@@H]2C=CC(O)[C@@H]2O1. The van der Waals surface area contributed by atoms with Crippen LogP contribution in [0.5, 0.6) is 0 Å². The second-order valence-electron chi connectivity index (χ2n) is 3.44. The fourth-order valence-corrected chi connectivity index (χ4v) is 1.56. The van der Waals surface area contributed by atoms with Crippen LogP contribution in [0.2, 0.25) is 0 Å². The molecule has 1 aliphatic carbocycles. The molecule has 0 aromatic heterocycles. The van der Waals surface area contributed by atoms with E-state index >= 15 is 0 Å². The molecular weight excluding hydrogens is 144 g/mol. The van der Waals surface area contributed by atoms with E-state index in [1.807, 2.05) is 19.9 Å². The van der Waals surface area contributed by atoms with Crippen LogP contribution >= 0.6 is 0 Å². The highest BCUT2D eigenvalue weighted by molar-refractivity contribution is 5.13. The van der Waals surface area contributed by atoms with E-state index in [1.165, 1.54) is 0 Å². The molecule has 11 heavy (non-hydrogen) atoms. The van der Waals surface area contributed by atoms with Gasteiger partial charge in [-0.2, -0.15) is 0 Å². The Hall–Kier alpha value is -0.380. The zero-order valence-electron chi connectivity index (χ0n) is 6.65. The lowest BCUT2D eigenvalue weighted by Crippen LogP contribution is -2.28. The molecule has 1 heterocycles. The molecule has 0 saturated carbocycles. The lowest BCUT2D eigenvalue weighted by molar-refractivity contribution is -0.152. The Morgan fingerprint density at radius 1 is 1.27 bits per heavy atom. The highest BCUT2D eigenvalue weighted by Crippen LogP contribution is 2.34. The molecule has 1 fully saturated rings. The minimum absolute atomic E-state index is 0.0556. The maximum absolute atomic E-state index is 9.34. The summed E-state index contributed by atoms with van der Waals surface area (Å²) in [7, 11) is 0. The largest absolute Gasteiger partial charge is 0.386 e. The van der Waals surface area contributed by atoms with Gasteiger partial charge in [-0.05, 0) is 13.8 Å². The van der Waals surface area contributed by atoms with Crippen molar-refractivity contribution in [3.05, 3.63) is 12.2 Å². The smallest absolute Gasteiger partial charge is 0.164 e. The molecule has 1 saturated heterocycles. The summed E-state index contributed by atoms with van der Waals surface area (Å²) in [5, 5.41) is 9.34. The Bertz CT molecular complexity index is 198. The Morgan fingerprint density at radius 3 is 2.64 bits per heavy atom. The quantitative estimate of drug-likeness (QED) is 0.517. The minimum Gasteiger partial charge on any atom is -0.386 e. The number of fused-ring (bicyclic) bond motifs is 1. The van der Waals surface area contributed by atoms with E-state index in [1.54, 1.807) is 6.08 Å². The first kappa shape index (κ1) is 7.28. The zero-order valence-corrected chi connectivity index (χ0v) is 6.65. The summed E-state index contributed by atoms with van der Waals surface area (Å²) < 4.78 is 10.9. The lowest BCUT2D eigenvalue weighted by Gasteiger charge is -2.18. The van der Waals surface area contributed by atoms with Crippen molar-refractivity contribution in [1.82, 2.24) is 0 Å². The molecule has 3 nitrogen and oxygen atoms in total. The van der Waals surface area contributed by atoms with Crippen LogP contribution in [0.25, 0.3) is 0 Å². The van der Waals surface area contributed by atoms with Crippen molar-refractivity contribution >= 4 is 0 Å². The van der Waals surface area contributed by atoms with Gasteiger partial charge >= 0.3 is 0 Å². The van der Waals surface area contributed by atoms with Gasteiger partial charge in [0, 0.05) is 0 Å². The monoisotopic (exact) mass is 156 g/mol. The predicted molar refractivity (Wildman–Crippen MR) is 39.0 cm³/mol. The van der Waals surface area contributed by atoms with Crippen molar-refractivity contribution in [2.45, 2.75) is 37.9 Å². The second kappa shape index (κ2) is 2.06. The van der Waals surface area contributed by atoms with Crippen LogP contribution in [0.4, 0.5) is 0 Å². The van der Waals surface area contributed by atoms with Gasteiger partial charge in [0.05, 0.1) is 0 Å². The highest BCUT2D eigenvalue weighted by atomic mass is 16.8. The Kier molecular flexibility index (Phi) is 1.36. The normalized spacial score (nSPS) is 46.3. The molecule has 3 heteroatoms. The van der Waals surface area contributed by atoms with Crippen molar-refractivity contribution in [1.29, 1.82) is 0 Å². The molecule has 0 amide bonds. The van der Waals surface area contributed by atoms with Gasteiger partial charge in [-0.1, -0.05) is 12.2 Å². The van der Waals surface area contributed by atoms with E-state index < -0.39 is 11.9 Å². The summed E-state index contributed by atoms with van der Waals surface area (Å²) in [5.41, 5.74) is 0. The first-order valence-corrected chi connectivity index (χ1v) is 3.80. The van der Waals surface area contributed by atoms with Gasteiger partial charge in [-0.15, -0.1) is 0 Å². The molecule has 0 aromatic carbocycles. The predicted octanol–water partition coefficient (Wildman–Crippen LogP) is 0.437. The van der Waals surface area contributed by atoms with Crippen LogP contribution in [0.15, 0.2) is 12.2 Å². The Labute approximate surface area is 65.6 Å². The average Bonchev–Trinajstić information content (AvgIpc) is 2.31. The minimum atomic E-state index is -0.541. The fraction of sp³-hybridized carbons (Fsp3) is 0.750. The summed E-state index contributed by atoms with van der Waals surface area (Å²) >= 11 is 0. The average molecular weight is 156 g/mol. The molecule has 2 rings (SSSR count).